The molecule has 0 amide bonds. The van der Waals surface area contributed by atoms with Crippen LogP contribution in [0.5, 0.6) is 0 Å². The summed E-state index contributed by atoms with van der Waals surface area (Å²) in [5, 5.41) is 0. The predicted octanol–water partition coefficient (Wildman–Crippen LogP) is 3.40. The van der Waals surface area contributed by atoms with Gasteiger partial charge in [-0.25, -0.2) is 0 Å². The third-order valence-electron chi connectivity index (χ3n) is 2.15. The van der Waals surface area contributed by atoms with Gasteiger partial charge in [-0.1, -0.05) is 33.1 Å². The van der Waals surface area contributed by atoms with Crippen molar-refractivity contribution in [3.05, 3.63) is 0 Å². The molecule has 0 bridgehead atoms. The van der Waals surface area contributed by atoms with Gasteiger partial charge in [0.15, 0.2) is 0 Å². The van der Waals surface area contributed by atoms with E-state index < -0.39 is 0 Å². The summed E-state index contributed by atoms with van der Waals surface area (Å²) in [6.45, 7) is 8.96. The van der Waals surface area contributed by atoms with Crippen molar-refractivity contribution < 1.29 is 9.47 Å². The molecule has 14 heavy (non-hydrogen) atoms. The van der Waals surface area contributed by atoms with Crippen LogP contribution in [0.3, 0.4) is 0 Å². The molecule has 0 spiro atoms. The van der Waals surface area contributed by atoms with Crippen molar-refractivity contribution in [1.82, 2.24) is 0 Å². The van der Waals surface area contributed by atoms with E-state index >= 15 is 0 Å². The standard InChI is InChI=1S/C12H26O2/c1-4-6-8-9-13-11-12(3)14-10-7-5-2/h12H,4-11H2,1-3H3. The maximum absolute atomic E-state index is 5.56. The van der Waals surface area contributed by atoms with Gasteiger partial charge in [0, 0.05) is 13.2 Å². The van der Waals surface area contributed by atoms with E-state index in [1.807, 2.05) is 0 Å². The van der Waals surface area contributed by atoms with Crippen LogP contribution in [0.1, 0.15) is 52.9 Å². The van der Waals surface area contributed by atoms with Gasteiger partial charge in [-0.05, 0) is 19.8 Å². The molecule has 2 nitrogen and oxygen atoms in total. The Labute approximate surface area is 89.0 Å². The van der Waals surface area contributed by atoms with Crippen molar-refractivity contribution in [2.75, 3.05) is 19.8 Å². The summed E-state index contributed by atoms with van der Waals surface area (Å²) in [6, 6.07) is 0. The molecule has 0 saturated carbocycles. The van der Waals surface area contributed by atoms with E-state index in [0.29, 0.717) is 0 Å². The molecule has 0 rings (SSSR count). The van der Waals surface area contributed by atoms with Gasteiger partial charge in [-0.3, -0.25) is 0 Å². The van der Waals surface area contributed by atoms with Crippen LogP contribution in [0.4, 0.5) is 0 Å². The van der Waals surface area contributed by atoms with Crippen LogP contribution < -0.4 is 0 Å². The molecule has 0 radical (unpaired) electrons. The minimum Gasteiger partial charge on any atom is -0.379 e. The highest BCUT2D eigenvalue weighted by Crippen LogP contribution is 1.98. The van der Waals surface area contributed by atoms with E-state index in [0.717, 1.165) is 26.2 Å². The molecule has 1 unspecified atom stereocenters. The lowest BCUT2D eigenvalue weighted by Crippen LogP contribution is -2.17. The van der Waals surface area contributed by atoms with Gasteiger partial charge in [0.25, 0.3) is 0 Å². The van der Waals surface area contributed by atoms with Crippen LogP contribution >= 0.6 is 0 Å². The Kier molecular flexibility index (Phi) is 10.9. The third-order valence-corrected chi connectivity index (χ3v) is 2.15. The second-order valence-electron chi connectivity index (χ2n) is 3.82. The summed E-state index contributed by atoms with van der Waals surface area (Å²) < 4.78 is 11.1. The highest BCUT2D eigenvalue weighted by molar-refractivity contribution is 4.47. The summed E-state index contributed by atoms with van der Waals surface area (Å²) in [5.41, 5.74) is 0. The lowest BCUT2D eigenvalue weighted by atomic mass is 10.3. The summed E-state index contributed by atoms with van der Waals surface area (Å²) in [4.78, 5) is 0. The Morgan fingerprint density at radius 3 is 2.29 bits per heavy atom. The van der Waals surface area contributed by atoms with Crippen molar-refractivity contribution in [3.8, 4) is 0 Å². The Morgan fingerprint density at radius 1 is 0.929 bits per heavy atom. The fourth-order valence-electron chi connectivity index (χ4n) is 1.18. The van der Waals surface area contributed by atoms with Crippen LogP contribution in [0.25, 0.3) is 0 Å². The van der Waals surface area contributed by atoms with E-state index in [1.54, 1.807) is 0 Å². The predicted molar refractivity (Wildman–Crippen MR) is 60.7 cm³/mol. The van der Waals surface area contributed by atoms with Gasteiger partial charge >= 0.3 is 0 Å². The van der Waals surface area contributed by atoms with Crippen LogP contribution in [-0.4, -0.2) is 25.9 Å². The molecular weight excluding hydrogens is 176 g/mol. The number of hydrogen-bond acceptors (Lipinski definition) is 2. The second kappa shape index (κ2) is 11.0. The van der Waals surface area contributed by atoms with Crippen molar-refractivity contribution in [2.24, 2.45) is 0 Å². The topological polar surface area (TPSA) is 18.5 Å². The Morgan fingerprint density at radius 2 is 1.64 bits per heavy atom. The fraction of sp³-hybridized carbons (Fsp3) is 1.00. The minimum atomic E-state index is 0.253. The zero-order chi connectivity index (χ0) is 10.6. The van der Waals surface area contributed by atoms with E-state index in [2.05, 4.69) is 20.8 Å². The van der Waals surface area contributed by atoms with Crippen molar-refractivity contribution >= 4 is 0 Å². The normalized spacial score (nSPS) is 13.1. The highest BCUT2D eigenvalue weighted by atomic mass is 16.5. The molecule has 0 aliphatic carbocycles. The van der Waals surface area contributed by atoms with Gasteiger partial charge in [0.2, 0.25) is 0 Å². The van der Waals surface area contributed by atoms with Crippen molar-refractivity contribution in [2.45, 2.75) is 59.0 Å². The zero-order valence-corrected chi connectivity index (χ0v) is 10.1. The minimum absolute atomic E-state index is 0.253. The molecule has 0 aromatic rings. The smallest absolute Gasteiger partial charge is 0.0780 e. The van der Waals surface area contributed by atoms with E-state index in [-0.39, 0.29) is 6.10 Å². The summed E-state index contributed by atoms with van der Waals surface area (Å²) in [6.07, 6.45) is 6.31. The first-order valence-corrected chi connectivity index (χ1v) is 6.00. The third kappa shape index (κ3) is 10.0. The molecule has 0 heterocycles. The van der Waals surface area contributed by atoms with Gasteiger partial charge < -0.3 is 9.47 Å². The van der Waals surface area contributed by atoms with Crippen LogP contribution in [0.2, 0.25) is 0 Å². The van der Waals surface area contributed by atoms with Gasteiger partial charge in [0.05, 0.1) is 12.7 Å². The lowest BCUT2D eigenvalue weighted by Gasteiger charge is -2.12. The first kappa shape index (κ1) is 13.9. The Balaban J connectivity index is 3.06. The monoisotopic (exact) mass is 202 g/mol. The van der Waals surface area contributed by atoms with Crippen LogP contribution in [-0.2, 0) is 9.47 Å². The molecule has 0 saturated heterocycles. The molecule has 0 aromatic carbocycles. The largest absolute Gasteiger partial charge is 0.379 e. The lowest BCUT2D eigenvalue weighted by molar-refractivity contribution is -0.00825. The van der Waals surface area contributed by atoms with E-state index in [1.165, 1.54) is 25.7 Å². The first-order valence-electron chi connectivity index (χ1n) is 6.00. The highest BCUT2D eigenvalue weighted by Gasteiger charge is 2.00. The summed E-state index contributed by atoms with van der Waals surface area (Å²) >= 11 is 0. The molecule has 0 aliphatic rings. The Hall–Kier alpha value is -0.0800. The van der Waals surface area contributed by atoms with Gasteiger partial charge in [0.1, 0.15) is 0 Å². The molecule has 0 aromatic heterocycles. The maximum Gasteiger partial charge on any atom is 0.0780 e. The van der Waals surface area contributed by atoms with Gasteiger partial charge in [-0.2, -0.15) is 0 Å². The second-order valence-corrected chi connectivity index (χ2v) is 3.82. The number of ether oxygens (including phenoxy) is 2. The molecular formula is C12H26O2. The maximum atomic E-state index is 5.56. The van der Waals surface area contributed by atoms with Crippen LogP contribution in [0, 0.1) is 0 Å². The van der Waals surface area contributed by atoms with E-state index in [9.17, 15) is 0 Å². The number of rotatable bonds is 10. The summed E-state index contributed by atoms with van der Waals surface area (Å²) in [7, 11) is 0. The fourth-order valence-corrected chi connectivity index (χ4v) is 1.18. The molecule has 1 atom stereocenters. The molecule has 86 valence electrons. The molecule has 0 fully saturated rings. The molecule has 0 N–H and O–H groups in total. The number of unbranched alkanes of at least 4 members (excludes halogenated alkanes) is 3. The Bertz CT molecular complexity index is 104. The SMILES string of the molecule is CCCCCOCC(C)OCCCC. The summed E-state index contributed by atoms with van der Waals surface area (Å²) in [5.74, 6) is 0. The average molecular weight is 202 g/mol. The zero-order valence-electron chi connectivity index (χ0n) is 10.1. The average Bonchev–Trinajstić information content (AvgIpc) is 2.18. The molecule has 2 heteroatoms. The van der Waals surface area contributed by atoms with Crippen LogP contribution in [0.15, 0.2) is 0 Å². The first-order chi connectivity index (χ1) is 6.81. The molecule has 0 aliphatic heterocycles. The van der Waals surface area contributed by atoms with E-state index in [4.69, 9.17) is 9.47 Å². The van der Waals surface area contributed by atoms with Gasteiger partial charge in [-0.15, -0.1) is 0 Å². The quantitative estimate of drug-likeness (QED) is 0.505. The van der Waals surface area contributed by atoms with Crippen molar-refractivity contribution in [3.63, 3.8) is 0 Å². The number of hydrogen-bond donors (Lipinski definition) is 0. The van der Waals surface area contributed by atoms with Crippen molar-refractivity contribution in [1.29, 1.82) is 0 Å².